The molecule has 4 aromatic rings. The lowest BCUT2D eigenvalue weighted by molar-refractivity contribution is -0.140. The number of carboxylic acid groups (broad SMARTS) is 1. The van der Waals surface area contributed by atoms with E-state index in [1.165, 1.54) is 0 Å². The third-order valence-corrected chi connectivity index (χ3v) is 7.39. The molecule has 1 aliphatic rings. The van der Waals surface area contributed by atoms with Crippen LogP contribution in [-0.2, 0) is 11.2 Å². The number of anilines is 2. The first-order valence-electron chi connectivity index (χ1n) is 13.8. The van der Waals surface area contributed by atoms with E-state index in [0.29, 0.717) is 41.6 Å². The number of carboxylic acids is 1. The highest BCUT2D eigenvalue weighted by Crippen LogP contribution is 2.37. The maximum Gasteiger partial charge on any atom is 0.326 e. The minimum atomic E-state index is -1.02. The topological polar surface area (TPSA) is 115 Å². The quantitative estimate of drug-likeness (QED) is 0.200. The first-order valence-corrected chi connectivity index (χ1v) is 13.8. The predicted molar refractivity (Wildman–Crippen MR) is 159 cm³/mol. The lowest BCUT2D eigenvalue weighted by Crippen LogP contribution is -2.24. The van der Waals surface area contributed by atoms with E-state index in [-0.39, 0.29) is 5.75 Å². The number of fused-ring (bicyclic) bond motifs is 1. The highest BCUT2D eigenvalue weighted by Gasteiger charge is 2.30. The number of hydrogen-bond donors (Lipinski definition) is 3. The molecule has 41 heavy (non-hydrogen) atoms. The number of allylic oxidation sites excluding steroid dienone is 4. The Bertz CT molecular complexity index is 1660. The molecule has 0 fully saturated rings. The van der Waals surface area contributed by atoms with Crippen molar-refractivity contribution < 1.29 is 19.0 Å². The average Bonchev–Trinajstić information content (AvgIpc) is 3.42. The Labute approximate surface area is 238 Å². The third-order valence-electron chi connectivity index (χ3n) is 7.39. The summed E-state index contributed by atoms with van der Waals surface area (Å²) in [6, 6.07) is 9.20. The zero-order chi connectivity index (χ0) is 29.1. The Kier molecular flexibility index (Phi) is 8.05. The number of aryl methyl sites for hydroxylation is 1. The first kappa shape index (κ1) is 27.9. The molecule has 2 aromatic heterocycles. The molecule has 0 saturated carbocycles. The fourth-order valence-corrected chi connectivity index (χ4v) is 5.11. The Balaban J connectivity index is 1.73. The van der Waals surface area contributed by atoms with Gasteiger partial charge in [0, 0.05) is 29.0 Å². The third kappa shape index (κ3) is 5.66. The molecule has 0 aliphatic heterocycles. The molecule has 8 nitrogen and oxygen atoms in total. The number of pyridine rings is 1. The van der Waals surface area contributed by atoms with Gasteiger partial charge in [0.05, 0.1) is 12.3 Å². The second kappa shape index (κ2) is 11.8. The number of hydrogen-bond acceptors (Lipinski definition) is 6. The van der Waals surface area contributed by atoms with Crippen LogP contribution in [0.15, 0.2) is 67.0 Å². The van der Waals surface area contributed by atoms with Crippen LogP contribution in [0.3, 0.4) is 0 Å². The zero-order valence-corrected chi connectivity index (χ0v) is 23.4. The van der Waals surface area contributed by atoms with Gasteiger partial charge < -0.3 is 25.5 Å². The number of aliphatic carboxylic acids is 1. The van der Waals surface area contributed by atoms with Crippen LogP contribution in [0, 0.1) is 5.82 Å². The van der Waals surface area contributed by atoms with E-state index >= 15 is 4.39 Å². The lowest BCUT2D eigenvalue weighted by atomic mass is 9.99. The maximum absolute atomic E-state index is 16.2. The van der Waals surface area contributed by atoms with Gasteiger partial charge in [0.1, 0.15) is 23.7 Å². The second-order valence-corrected chi connectivity index (χ2v) is 10.1. The van der Waals surface area contributed by atoms with E-state index in [9.17, 15) is 9.90 Å². The monoisotopic (exact) mass is 555 g/mol. The van der Waals surface area contributed by atoms with Crippen LogP contribution in [0.5, 0.6) is 5.75 Å². The fraction of sp³-hybridized carbons (Fsp3) is 0.281. The van der Waals surface area contributed by atoms with Crippen molar-refractivity contribution >= 4 is 33.8 Å². The van der Waals surface area contributed by atoms with Gasteiger partial charge in [-0.05, 0) is 80.0 Å². The number of benzene rings is 2. The van der Waals surface area contributed by atoms with Crippen LogP contribution in [0.4, 0.5) is 15.9 Å². The summed E-state index contributed by atoms with van der Waals surface area (Å²) in [5.41, 5.74) is 9.62. The SMILES string of the molecule is CCOc1cc(CC)cc(C(Nc2ccc3c(N)nccc3c2)c2nc(C3=CC=CCC3)cn2C(C)C(=O)O)c1F. The number of aromatic nitrogens is 3. The Morgan fingerprint density at radius 1 is 1.24 bits per heavy atom. The average molecular weight is 556 g/mol. The lowest BCUT2D eigenvalue weighted by Gasteiger charge is -2.25. The van der Waals surface area contributed by atoms with Crippen molar-refractivity contribution in [1.29, 1.82) is 0 Å². The predicted octanol–water partition coefficient (Wildman–Crippen LogP) is 6.69. The van der Waals surface area contributed by atoms with Crippen molar-refractivity contribution in [2.24, 2.45) is 0 Å². The van der Waals surface area contributed by atoms with Gasteiger partial charge in [-0.1, -0.05) is 31.2 Å². The molecule has 5 rings (SSSR count). The van der Waals surface area contributed by atoms with Crippen molar-refractivity contribution in [1.82, 2.24) is 14.5 Å². The second-order valence-electron chi connectivity index (χ2n) is 10.1. The van der Waals surface area contributed by atoms with Gasteiger partial charge in [-0.25, -0.2) is 19.2 Å². The Morgan fingerprint density at radius 3 is 2.78 bits per heavy atom. The highest BCUT2D eigenvalue weighted by molar-refractivity contribution is 5.93. The fourth-order valence-electron chi connectivity index (χ4n) is 5.11. The summed E-state index contributed by atoms with van der Waals surface area (Å²) < 4.78 is 23.5. The molecule has 2 heterocycles. The molecule has 0 bridgehead atoms. The number of nitrogens with two attached hydrogens (primary N) is 1. The maximum atomic E-state index is 16.2. The van der Waals surface area contributed by atoms with Gasteiger partial charge >= 0.3 is 5.97 Å². The minimum Gasteiger partial charge on any atom is -0.491 e. The van der Waals surface area contributed by atoms with E-state index < -0.39 is 23.9 Å². The van der Waals surface area contributed by atoms with Crippen LogP contribution < -0.4 is 15.8 Å². The first-order chi connectivity index (χ1) is 19.8. The molecule has 0 amide bonds. The smallest absolute Gasteiger partial charge is 0.326 e. The van der Waals surface area contributed by atoms with Crippen molar-refractivity contribution in [3.05, 3.63) is 95.5 Å². The van der Waals surface area contributed by atoms with Crippen LogP contribution in [0.25, 0.3) is 16.3 Å². The standard InChI is InChI=1S/C32H34FN5O3/c1-4-20-15-25(28(33)27(16-20)41-5-2)29(36-23-11-12-24-22(17-23)13-14-35-30(24)34)31-37-26(21-9-7-6-8-10-21)18-38(31)19(3)32(39)40/h6-7,9,11-19,29,36H,4-5,8,10H2,1-3H3,(H2,34,35)(H,39,40). The molecule has 0 spiro atoms. The van der Waals surface area contributed by atoms with Gasteiger partial charge in [-0.2, -0.15) is 0 Å². The van der Waals surface area contributed by atoms with Gasteiger partial charge in [0.2, 0.25) is 0 Å². The number of nitrogens with zero attached hydrogens (tertiary/aromatic N) is 3. The van der Waals surface area contributed by atoms with Crippen LogP contribution in [0.1, 0.15) is 68.3 Å². The normalized spacial score (nSPS) is 14.5. The molecular formula is C32H34FN5O3. The van der Waals surface area contributed by atoms with E-state index in [2.05, 4.69) is 16.4 Å². The molecule has 1 aliphatic carbocycles. The van der Waals surface area contributed by atoms with Gasteiger partial charge in [-0.3, -0.25) is 0 Å². The summed E-state index contributed by atoms with van der Waals surface area (Å²) in [5.74, 6) is -0.587. The number of nitrogens with one attached hydrogen (secondary N) is 1. The highest BCUT2D eigenvalue weighted by atomic mass is 19.1. The number of ether oxygens (including phenoxy) is 1. The van der Waals surface area contributed by atoms with Crippen LogP contribution >= 0.6 is 0 Å². The number of nitrogen functional groups attached to an aromatic ring is 1. The Hall–Kier alpha value is -4.66. The van der Waals surface area contributed by atoms with Crippen molar-refractivity contribution in [3.8, 4) is 5.75 Å². The van der Waals surface area contributed by atoms with Crippen LogP contribution in [-0.4, -0.2) is 32.2 Å². The summed E-state index contributed by atoms with van der Waals surface area (Å²) in [7, 11) is 0. The zero-order valence-electron chi connectivity index (χ0n) is 23.4. The summed E-state index contributed by atoms with van der Waals surface area (Å²) in [6.45, 7) is 5.70. The number of carbonyl (C=O) groups is 1. The van der Waals surface area contributed by atoms with Crippen LogP contribution in [0.2, 0.25) is 0 Å². The van der Waals surface area contributed by atoms with Gasteiger partial charge in [0.15, 0.2) is 11.6 Å². The van der Waals surface area contributed by atoms with Gasteiger partial charge in [0.25, 0.3) is 0 Å². The van der Waals surface area contributed by atoms with Crippen molar-refractivity contribution in [3.63, 3.8) is 0 Å². The van der Waals surface area contributed by atoms with E-state index in [0.717, 1.165) is 34.8 Å². The molecule has 4 N–H and O–H groups in total. The minimum absolute atomic E-state index is 0.149. The van der Waals surface area contributed by atoms with E-state index in [1.54, 1.807) is 36.0 Å². The summed E-state index contributed by atoms with van der Waals surface area (Å²) >= 11 is 0. The number of halogens is 1. The molecule has 0 saturated heterocycles. The van der Waals surface area contributed by atoms with Crippen molar-refractivity contribution in [2.75, 3.05) is 17.7 Å². The summed E-state index contributed by atoms with van der Waals surface area (Å²) in [4.78, 5) is 21.4. The van der Waals surface area contributed by atoms with Crippen molar-refractivity contribution in [2.45, 2.75) is 52.1 Å². The molecule has 9 heteroatoms. The number of rotatable bonds is 10. The summed E-state index contributed by atoms with van der Waals surface area (Å²) in [5, 5.41) is 15.1. The Morgan fingerprint density at radius 2 is 2.07 bits per heavy atom. The largest absolute Gasteiger partial charge is 0.491 e. The molecular weight excluding hydrogens is 521 g/mol. The number of imidazole rings is 1. The molecule has 0 radical (unpaired) electrons. The van der Waals surface area contributed by atoms with E-state index in [4.69, 9.17) is 15.5 Å². The molecule has 2 aromatic carbocycles. The van der Waals surface area contributed by atoms with Gasteiger partial charge in [-0.15, -0.1) is 0 Å². The molecule has 2 unspecified atom stereocenters. The van der Waals surface area contributed by atoms with E-state index in [1.807, 2.05) is 50.3 Å². The molecule has 2 atom stereocenters. The molecule has 212 valence electrons. The summed E-state index contributed by atoms with van der Waals surface area (Å²) in [6.07, 6.45) is 11.7.